The van der Waals surface area contributed by atoms with Crippen LogP contribution in [0.25, 0.3) is 5.57 Å². The summed E-state index contributed by atoms with van der Waals surface area (Å²) in [5.41, 5.74) is 4.73. The minimum absolute atomic E-state index is 1.07. The van der Waals surface area contributed by atoms with Crippen molar-refractivity contribution in [2.45, 2.75) is 20.8 Å². The molecule has 0 saturated heterocycles. The minimum atomic E-state index is 1.07. The molecule has 0 aliphatic carbocycles. The molecular formula is C15H19N. The lowest BCUT2D eigenvalue weighted by Crippen LogP contribution is -1.95. The van der Waals surface area contributed by atoms with Gasteiger partial charge in [-0.2, -0.15) is 0 Å². The normalized spacial score (nSPS) is 13.5. The fourth-order valence-electron chi connectivity index (χ4n) is 1.59. The average molecular weight is 213 g/mol. The number of hydrogen-bond acceptors (Lipinski definition) is 1. The first-order chi connectivity index (χ1) is 7.72. The van der Waals surface area contributed by atoms with Gasteiger partial charge in [-0.15, -0.1) is 0 Å². The van der Waals surface area contributed by atoms with Crippen molar-refractivity contribution in [3.8, 4) is 0 Å². The fraction of sp³-hybridized carbons (Fsp3) is 0.267. The highest BCUT2D eigenvalue weighted by Gasteiger charge is 2.00. The molecule has 0 fully saturated rings. The van der Waals surface area contributed by atoms with E-state index >= 15 is 0 Å². The van der Waals surface area contributed by atoms with Crippen molar-refractivity contribution < 1.29 is 0 Å². The highest BCUT2D eigenvalue weighted by Crippen LogP contribution is 2.17. The van der Waals surface area contributed by atoms with Gasteiger partial charge in [-0.25, -0.2) is 0 Å². The molecule has 0 spiro atoms. The van der Waals surface area contributed by atoms with E-state index in [4.69, 9.17) is 0 Å². The summed E-state index contributed by atoms with van der Waals surface area (Å²) in [5, 5.41) is 0. The smallest absolute Gasteiger partial charge is 0.0386 e. The Labute approximate surface area is 98.2 Å². The van der Waals surface area contributed by atoms with Gasteiger partial charge in [0.25, 0.3) is 0 Å². The highest BCUT2D eigenvalue weighted by atomic mass is 14.7. The standard InChI is InChI=1S/C15H19N/c1-5-8-13(6-2)15-10-7-9-14(11-15)12(3)16-4/h5-11H,1-4H3/b8-5-,13-6+,16-12+. The molecule has 0 bridgehead atoms. The predicted molar refractivity (Wildman–Crippen MR) is 73.0 cm³/mol. The molecule has 0 unspecified atom stereocenters. The lowest BCUT2D eigenvalue weighted by molar-refractivity contribution is 1.41. The van der Waals surface area contributed by atoms with Crippen LogP contribution < -0.4 is 0 Å². The van der Waals surface area contributed by atoms with Gasteiger partial charge < -0.3 is 0 Å². The van der Waals surface area contributed by atoms with Crippen LogP contribution in [-0.2, 0) is 0 Å². The van der Waals surface area contributed by atoms with E-state index < -0.39 is 0 Å². The molecule has 0 atom stereocenters. The van der Waals surface area contributed by atoms with Crippen LogP contribution in [-0.4, -0.2) is 12.8 Å². The number of allylic oxidation sites excluding steroid dienone is 4. The average Bonchev–Trinajstić information content (AvgIpc) is 2.35. The largest absolute Gasteiger partial charge is 0.293 e. The first kappa shape index (κ1) is 12.4. The van der Waals surface area contributed by atoms with Crippen LogP contribution in [0.1, 0.15) is 31.9 Å². The summed E-state index contributed by atoms with van der Waals surface area (Å²) < 4.78 is 0. The second kappa shape index (κ2) is 6.06. The van der Waals surface area contributed by atoms with Crippen molar-refractivity contribution >= 4 is 11.3 Å². The number of hydrogen-bond donors (Lipinski definition) is 0. The molecule has 16 heavy (non-hydrogen) atoms. The quantitative estimate of drug-likeness (QED) is 0.529. The molecule has 0 aliphatic heterocycles. The third kappa shape index (κ3) is 2.93. The molecule has 1 aromatic rings. The lowest BCUT2D eigenvalue weighted by atomic mass is 10.0. The predicted octanol–water partition coefficient (Wildman–Crippen LogP) is 4.10. The third-order valence-corrected chi connectivity index (χ3v) is 2.61. The van der Waals surface area contributed by atoms with Crippen LogP contribution in [0.5, 0.6) is 0 Å². The van der Waals surface area contributed by atoms with Gasteiger partial charge in [0.05, 0.1) is 0 Å². The Bertz CT molecular complexity index is 437. The van der Waals surface area contributed by atoms with Crippen LogP contribution in [0, 0.1) is 0 Å². The maximum absolute atomic E-state index is 4.21. The van der Waals surface area contributed by atoms with E-state index in [1.54, 1.807) is 0 Å². The molecule has 0 saturated carbocycles. The van der Waals surface area contributed by atoms with Crippen LogP contribution >= 0.6 is 0 Å². The number of benzene rings is 1. The van der Waals surface area contributed by atoms with E-state index in [9.17, 15) is 0 Å². The monoisotopic (exact) mass is 213 g/mol. The zero-order chi connectivity index (χ0) is 12.0. The summed E-state index contributed by atoms with van der Waals surface area (Å²) in [6.07, 6.45) is 6.30. The molecule has 1 rings (SSSR count). The van der Waals surface area contributed by atoms with Crippen LogP contribution in [0.3, 0.4) is 0 Å². The Morgan fingerprint density at radius 3 is 2.44 bits per heavy atom. The SMILES string of the molecule is C/C=C\C(=C/C)c1cccc(/C(C)=N/C)c1. The summed E-state index contributed by atoms with van der Waals surface area (Å²) in [5.74, 6) is 0. The Balaban J connectivity index is 3.17. The molecule has 1 nitrogen and oxygen atoms in total. The van der Waals surface area contributed by atoms with E-state index in [2.05, 4.69) is 54.4 Å². The van der Waals surface area contributed by atoms with Crippen LogP contribution in [0.2, 0.25) is 0 Å². The Kier molecular flexibility index (Phi) is 4.71. The van der Waals surface area contributed by atoms with Gasteiger partial charge in [0.2, 0.25) is 0 Å². The molecule has 1 heteroatoms. The van der Waals surface area contributed by atoms with E-state index in [1.807, 2.05) is 20.9 Å². The molecular weight excluding hydrogens is 194 g/mol. The van der Waals surface area contributed by atoms with Crippen molar-refractivity contribution in [1.82, 2.24) is 0 Å². The van der Waals surface area contributed by atoms with E-state index in [1.165, 1.54) is 16.7 Å². The third-order valence-electron chi connectivity index (χ3n) is 2.61. The number of aliphatic imine (C=N–C) groups is 1. The van der Waals surface area contributed by atoms with Crippen molar-refractivity contribution in [2.75, 3.05) is 7.05 Å². The van der Waals surface area contributed by atoms with Crippen molar-refractivity contribution in [3.63, 3.8) is 0 Å². The van der Waals surface area contributed by atoms with E-state index in [0.717, 1.165) is 5.71 Å². The number of rotatable bonds is 3. The maximum atomic E-state index is 4.21. The van der Waals surface area contributed by atoms with Crippen molar-refractivity contribution in [1.29, 1.82) is 0 Å². The summed E-state index contributed by atoms with van der Waals surface area (Å²) in [6, 6.07) is 8.47. The van der Waals surface area contributed by atoms with Gasteiger partial charge in [0, 0.05) is 12.8 Å². The molecule has 0 aromatic heterocycles. The Morgan fingerprint density at radius 1 is 1.19 bits per heavy atom. The lowest BCUT2D eigenvalue weighted by Gasteiger charge is -2.05. The first-order valence-corrected chi connectivity index (χ1v) is 5.56. The Hall–Kier alpha value is -1.63. The second-order valence-corrected chi connectivity index (χ2v) is 3.63. The van der Waals surface area contributed by atoms with Gasteiger partial charge in [-0.05, 0) is 43.5 Å². The van der Waals surface area contributed by atoms with Gasteiger partial charge in [-0.1, -0.05) is 36.4 Å². The molecule has 0 aliphatic rings. The molecule has 0 heterocycles. The van der Waals surface area contributed by atoms with E-state index in [-0.39, 0.29) is 0 Å². The first-order valence-electron chi connectivity index (χ1n) is 5.56. The van der Waals surface area contributed by atoms with Crippen molar-refractivity contribution in [3.05, 3.63) is 53.6 Å². The molecule has 0 amide bonds. The van der Waals surface area contributed by atoms with Gasteiger partial charge in [-0.3, -0.25) is 4.99 Å². The molecule has 84 valence electrons. The fourth-order valence-corrected chi connectivity index (χ4v) is 1.59. The Morgan fingerprint density at radius 2 is 1.88 bits per heavy atom. The minimum Gasteiger partial charge on any atom is -0.293 e. The summed E-state index contributed by atoms with van der Waals surface area (Å²) in [4.78, 5) is 4.21. The zero-order valence-corrected chi connectivity index (χ0v) is 10.5. The zero-order valence-electron chi connectivity index (χ0n) is 10.5. The van der Waals surface area contributed by atoms with Crippen molar-refractivity contribution in [2.24, 2.45) is 4.99 Å². The summed E-state index contributed by atoms with van der Waals surface area (Å²) in [7, 11) is 1.82. The van der Waals surface area contributed by atoms with Crippen LogP contribution in [0.4, 0.5) is 0 Å². The maximum Gasteiger partial charge on any atom is 0.0386 e. The van der Waals surface area contributed by atoms with Gasteiger partial charge in [0.15, 0.2) is 0 Å². The second-order valence-electron chi connectivity index (χ2n) is 3.63. The molecule has 0 N–H and O–H groups in total. The van der Waals surface area contributed by atoms with Crippen LogP contribution in [0.15, 0.2) is 47.5 Å². The topological polar surface area (TPSA) is 12.4 Å². The molecule has 1 aromatic carbocycles. The summed E-state index contributed by atoms with van der Waals surface area (Å²) in [6.45, 7) is 6.12. The van der Waals surface area contributed by atoms with Gasteiger partial charge >= 0.3 is 0 Å². The molecule has 0 radical (unpaired) electrons. The number of nitrogens with zero attached hydrogens (tertiary/aromatic N) is 1. The summed E-state index contributed by atoms with van der Waals surface area (Å²) >= 11 is 0. The highest BCUT2D eigenvalue weighted by molar-refractivity contribution is 5.99. The van der Waals surface area contributed by atoms with E-state index in [0.29, 0.717) is 0 Å². The van der Waals surface area contributed by atoms with Gasteiger partial charge in [0.1, 0.15) is 0 Å².